The molecule has 2 aromatic rings. The average Bonchev–Trinajstić information content (AvgIpc) is 2.62. The van der Waals surface area contributed by atoms with Crippen LogP contribution in [0.15, 0.2) is 54.6 Å². The summed E-state index contributed by atoms with van der Waals surface area (Å²) in [7, 11) is 0. The van der Waals surface area contributed by atoms with Crippen LogP contribution in [-0.4, -0.2) is 23.5 Å². The minimum Gasteiger partial charge on any atom is -0.352 e. The smallest absolute Gasteiger partial charge is 0.253 e. The zero-order chi connectivity index (χ0) is 18.9. The molecular weight excluding hydrogens is 353 g/mol. The standard InChI is InChI=1S/C19H18FN3O2S/c1-2-21-18(25)15-5-3-4-6-16(15)22-19(26)23-17(24)12-9-13-7-10-14(20)11-8-13/h3-12H,2H2,1H3,(H,21,25)(H2,22,23,24,26). The van der Waals surface area contributed by atoms with Gasteiger partial charge in [0, 0.05) is 12.6 Å². The summed E-state index contributed by atoms with van der Waals surface area (Å²) in [4.78, 5) is 24.0. The van der Waals surface area contributed by atoms with Crippen molar-refractivity contribution in [1.82, 2.24) is 10.6 Å². The van der Waals surface area contributed by atoms with Crippen molar-refractivity contribution in [2.24, 2.45) is 0 Å². The lowest BCUT2D eigenvalue weighted by molar-refractivity contribution is -0.115. The van der Waals surface area contributed by atoms with E-state index >= 15 is 0 Å². The first-order valence-electron chi connectivity index (χ1n) is 7.92. The molecule has 134 valence electrons. The maximum atomic E-state index is 12.8. The Labute approximate surface area is 156 Å². The Bertz CT molecular complexity index is 835. The molecule has 0 aliphatic rings. The van der Waals surface area contributed by atoms with E-state index in [1.807, 2.05) is 6.92 Å². The second-order valence-electron chi connectivity index (χ2n) is 5.23. The van der Waals surface area contributed by atoms with E-state index in [0.717, 1.165) is 0 Å². The summed E-state index contributed by atoms with van der Waals surface area (Å²) in [6, 6.07) is 12.6. The molecular formula is C19H18FN3O2S. The van der Waals surface area contributed by atoms with Crippen LogP contribution in [0.1, 0.15) is 22.8 Å². The third-order valence-electron chi connectivity index (χ3n) is 3.29. The second kappa shape index (κ2) is 9.43. The Balaban J connectivity index is 1.97. The number of carbonyl (C=O) groups excluding carboxylic acids is 2. The lowest BCUT2D eigenvalue weighted by Gasteiger charge is -2.12. The summed E-state index contributed by atoms with van der Waals surface area (Å²) in [5.41, 5.74) is 1.60. The first-order chi connectivity index (χ1) is 12.5. The molecule has 7 heteroatoms. The molecule has 0 radical (unpaired) electrons. The first kappa shape index (κ1) is 19.3. The van der Waals surface area contributed by atoms with Crippen molar-refractivity contribution in [3.05, 3.63) is 71.6 Å². The molecule has 0 saturated heterocycles. The Hall–Kier alpha value is -3.06. The predicted molar refractivity (Wildman–Crippen MR) is 104 cm³/mol. The number of carbonyl (C=O) groups is 2. The number of anilines is 1. The van der Waals surface area contributed by atoms with Gasteiger partial charge < -0.3 is 10.6 Å². The molecule has 0 heterocycles. The van der Waals surface area contributed by atoms with Crippen LogP contribution in [0.5, 0.6) is 0 Å². The van der Waals surface area contributed by atoms with Crippen molar-refractivity contribution < 1.29 is 14.0 Å². The van der Waals surface area contributed by atoms with Crippen molar-refractivity contribution in [2.75, 3.05) is 11.9 Å². The molecule has 0 aliphatic carbocycles. The fourth-order valence-corrected chi connectivity index (χ4v) is 2.31. The van der Waals surface area contributed by atoms with Gasteiger partial charge in [-0.2, -0.15) is 0 Å². The Morgan fingerprint density at radius 2 is 1.81 bits per heavy atom. The van der Waals surface area contributed by atoms with Crippen molar-refractivity contribution >= 4 is 40.9 Å². The fourth-order valence-electron chi connectivity index (χ4n) is 2.10. The van der Waals surface area contributed by atoms with E-state index in [0.29, 0.717) is 23.4 Å². The van der Waals surface area contributed by atoms with Crippen LogP contribution < -0.4 is 16.0 Å². The predicted octanol–water partition coefficient (Wildman–Crippen LogP) is 3.10. The van der Waals surface area contributed by atoms with Gasteiger partial charge in [-0.1, -0.05) is 24.3 Å². The highest BCUT2D eigenvalue weighted by molar-refractivity contribution is 7.80. The molecule has 0 bridgehead atoms. The molecule has 2 aromatic carbocycles. The van der Waals surface area contributed by atoms with Crippen LogP contribution in [0.4, 0.5) is 10.1 Å². The van der Waals surface area contributed by atoms with Crippen LogP contribution in [-0.2, 0) is 4.79 Å². The van der Waals surface area contributed by atoms with Crippen LogP contribution in [0, 0.1) is 5.82 Å². The highest BCUT2D eigenvalue weighted by atomic mass is 32.1. The molecule has 0 saturated carbocycles. The Kier molecular flexibility index (Phi) is 6.99. The molecule has 2 rings (SSSR count). The van der Waals surface area contributed by atoms with Gasteiger partial charge in [0.05, 0.1) is 11.3 Å². The summed E-state index contributed by atoms with van der Waals surface area (Å²) in [6.45, 7) is 2.33. The third-order valence-corrected chi connectivity index (χ3v) is 3.50. The monoisotopic (exact) mass is 371 g/mol. The van der Waals surface area contributed by atoms with E-state index in [9.17, 15) is 14.0 Å². The molecule has 0 aromatic heterocycles. The number of rotatable bonds is 5. The van der Waals surface area contributed by atoms with Crippen LogP contribution in [0.25, 0.3) is 6.08 Å². The molecule has 0 atom stereocenters. The minimum absolute atomic E-state index is 0.0653. The average molecular weight is 371 g/mol. The van der Waals surface area contributed by atoms with Crippen LogP contribution in [0.3, 0.4) is 0 Å². The van der Waals surface area contributed by atoms with E-state index in [2.05, 4.69) is 16.0 Å². The topological polar surface area (TPSA) is 70.2 Å². The molecule has 0 unspecified atom stereocenters. The van der Waals surface area contributed by atoms with E-state index in [-0.39, 0.29) is 16.8 Å². The number of hydrogen-bond donors (Lipinski definition) is 3. The third kappa shape index (κ3) is 5.78. The van der Waals surface area contributed by atoms with E-state index in [1.165, 1.54) is 18.2 Å². The molecule has 2 amide bonds. The first-order valence-corrected chi connectivity index (χ1v) is 8.33. The van der Waals surface area contributed by atoms with Crippen LogP contribution in [0.2, 0.25) is 0 Å². The summed E-state index contributed by atoms with van der Waals surface area (Å²) < 4.78 is 12.8. The number of benzene rings is 2. The molecule has 5 nitrogen and oxygen atoms in total. The molecule has 3 N–H and O–H groups in total. The van der Waals surface area contributed by atoms with E-state index < -0.39 is 5.91 Å². The summed E-state index contributed by atoms with van der Waals surface area (Å²) in [6.07, 6.45) is 2.83. The zero-order valence-electron chi connectivity index (χ0n) is 14.1. The van der Waals surface area contributed by atoms with Gasteiger partial charge in [-0.3, -0.25) is 14.9 Å². The molecule has 26 heavy (non-hydrogen) atoms. The van der Waals surface area contributed by atoms with Gasteiger partial charge in [0.15, 0.2) is 5.11 Å². The second-order valence-corrected chi connectivity index (χ2v) is 5.64. The van der Waals surface area contributed by atoms with Crippen molar-refractivity contribution in [3.8, 4) is 0 Å². The molecule has 0 spiro atoms. The molecule has 0 aliphatic heterocycles. The van der Waals surface area contributed by atoms with Crippen molar-refractivity contribution in [1.29, 1.82) is 0 Å². The normalized spacial score (nSPS) is 10.4. The number of thiocarbonyl (C=S) groups is 1. The Morgan fingerprint density at radius 3 is 2.50 bits per heavy atom. The highest BCUT2D eigenvalue weighted by Gasteiger charge is 2.11. The largest absolute Gasteiger partial charge is 0.352 e. The summed E-state index contributed by atoms with van der Waals surface area (Å²) >= 11 is 5.11. The summed E-state index contributed by atoms with van der Waals surface area (Å²) in [5, 5.41) is 8.12. The van der Waals surface area contributed by atoms with Crippen molar-refractivity contribution in [2.45, 2.75) is 6.92 Å². The van der Waals surface area contributed by atoms with Gasteiger partial charge >= 0.3 is 0 Å². The SMILES string of the molecule is CCNC(=O)c1ccccc1NC(=S)NC(=O)C=Cc1ccc(F)cc1. The van der Waals surface area contributed by atoms with Gasteiger partial charge in [-0.25, -0.2) is 4.39 Å². The van der Waals surface area contributed by atoms with E-state index in [4.69, 9.17) is 12.2 Å². The van der Waals surface area contributed by atoms with Crippen LogP contribution >= 0.6 is 12.2 Å². The maximum absolute atomic E-state index is 12.8. The van der Waals surface area contributed by atoms with Gasteiger partial charge in [0.25, 0.3) is 5.91 Å². The lowest BCUT2D eigenvalue weighted by atomic mass is 10.1. The number of halogens is 1. The zero-order valence-corrected chi connectivity index (χ0v) is 14.9. The van der Waals surface area contributed by atoms with Gasteiger partial charge in [-0.15, -0.1) is 0 Å². The quantitative estimate of drug-likeness (QED) is 0.558. The minimum atomic E-state index is -0.442. The van der Waals surface area contributed by atoms with E-state index in [1.54, 1.807) is 42.5 Å². The van der Waals surface area contributed by atoms with Gasteiger partial charge in [-0.05, 0) is 55.0 Å². The molecule has 0 fully saturated rings. The number of para-hydroxylation sites is 1. The number of amides is 2. The Morgan fingerprint density at radius 1 is 1.12 bits per heavy atom. The fraction of sp³-hybridized carbons (Fsp3) is 0.105. The lowest BCUT2D eigenvalue weighted by Crippen LogP contribution is -2.34. The van der Waals surface area contributed by atoms with Crippen molar-refractivity contribution in [3.63, 3.8) is 0 Å². The highest BCUT2D eigenvalue weighted by Crippen LogP contribution is 2.14. The van der Waals surface area contributed by atoms with Gasteiger partial charge in [0.1, 0.15) is 5.82 Å². The summed E-state index contributed by atoms with van der Waals surface area (Å²) in [5.74, 6) is -1.02. The number of hydrogen-bond acceptors (Lipinski definition) is 3. The van der Waals surface area contributed by atoms with Gasteiger partial charge in [0.2, 0.25) is 5.91 Å². The maximum Gasteiger partial charge on any atom is 0.253 e. The number of nitrogens with one attached hydrogen (secondary N) is 3.